The number of nitrogens with one attached hydrogen (secondary N) is 1. The first kappa shape index (κ1) is 13.7. The van der Waals surface area contributed by atoms with Gasteiger partial charge in [0.1, 0.15) is 11.9 Å². The second-order valence-corrected chi connectivity index (χ2v) is 4.83. The molecule has 0 aliphatic carbocycles. The van der Waals surface area contributed by atoms with Crippen LogP contribution in [0.15, 0.2) is 23.2 Å². The van der Waals surface area contributed by atoms with Gasteiger partial charge in [0.2, 0.25) is 0 Å². The van der Waals surface area contributed by atoms with E-state index in [9.17, 15) is 0 Å². The van der Waals surface area contributed by atoms with Crippen molar-refractivity contribution in [2.24, 2.45) is 4.99 Å². The first-order chi connectivity index (χ1) is 8.74. The van der Waals surface area contributed by atoms with Crippen LogP contribution in [0.5, 0.6) is 0 Å². The number of halogens is 2. The summed E-state index contributed by atoms with van der Waals surface area (Å²) < 4.78 is 5.77. The van der Waals surface area contributed by atoms with E-state index >= 15 is 0 Å². The molecule has 98 valence electrons. The van der Waals surface area contributed by atoms with Gasteiger partial charge in [0.05, 0.1) is 0 Å². The number of aliphatic imine (C=N–C) groups is 1. The summed E-state index contributed by atoms with van der Waals surface area (Å²) in [6, 6.07) is 5.46. The summed E-state index contributed by atoms with van der Waals surface area (Å²) in [5, 5.41) is 4.48. The SMILES string of the molecule is CCO[C@@H](C1=NCCCN1)c1c(Cl)cccc1Cl. The lowest BCUT2D eigenvalue weighted by molar-refractivity contribution is 0.107. The standard InChI is InChI=1S/C13H16Cl2N2O/c1-2-18-12(13-16-7-4-8-17-13)11-9(14)5-3-6-10(11)15/h3,5-6,12H,2,4,7-8H2,1H3,(H,16,17)/t12-/m1/s1. The zero-order chi connectivity index (χ0) is 13.0. The van der Waals surface area contributed by atoms with Gasteiger partial charge in [-0.1, -0.05) is 29.3 Å². The van der Waals surface area contributed by atoms with Crippen molar-refractivity contribution >= 4 is 29.0 Å². The van der Waals surface area contributed by atoms with Crippen LogP contribution in [-0.4, -0.2) is 25.5 Å². The molecule has 0 fully saturated rings. The molecule has 5 heteroatoms. The minimum atomic E-state index is -0.309. The summed E-state index contributed by atoms with van der Waals surface area (Å²) in [5.41, 5.74) is 0.788. The third-order valence-corrected chi connectivity index (χ3v) is 3.43. The maximum Gasteiger partial charge on any atom is 0.142 e. The van der Waals surface area contributed by atoms with E-state index < -0.39 is 0 Å². The Morgan fingerprint density at radius 2 is 2.11 bits per heavy atom. The molecule has 18 heavy (non-hydrogen) atoms. The van der Waals surface area contributed by atoms with Gasteiger partial charge in [0.25, 0.3) is 0 Å². The largest absolute Gasteiger partial charge is 0.371 e. The van der Waals surface area contributed by atoms with Crippen molar-refractivity contribution in [3.63, 3.8) is 0 Å². The van der Waals surface area contributed by atoms with E-state index in [1.807, 2.05) is 25.1 Å². The van der Waals surface area contributed by atoms with Crippen molar-refractivity contribution in [1.29, 1.82) is 0 Å². The molecule has 0 radical (unpaired) electrons. The summed E-state index contributed by atoms with van der Waals surface area (Å²) in [4.78, 5) is 4.47. The van der Waals surface area contributed by atoms with Crippen LogP contribution in [0, 0.1) is 0 Å². The Labute approximate surface area is 117 Å². The van der Waals surface area contributed by atoms with Crippen LogP contribution < -0.4 is 5.32 Å². The summed E-state index contributed by atoms with van der Waals surface area (Å²) in [6.45, 7) is 4.24. The maximum atomic E-state index is 6.23. The second-order valence-electron chi connectivity index (χ2n) is 4.02. The maximum absolute atomic E-state index is 6.23. The topological polar surface area (TPSA) is 33.6 Å². The fourth-order valence-corrected chi connectivity index (χ4v) is 2.55. The Morgan fingerprint density at radius 1 is 1.39 bits per heavy atom. The quantitative estimate of drug-likeness (QED) is 0.920. The number of ether oxygens (including phenoxy) is 1. The van der Waals surface area contributed by atoms with Crippen LogP contribution in [0.4, 0.5) is 0 Å². The molecule has 0 aromatic heterocycles. The second kappa shape index (κ2) is 6.41. The van der Waals surface area contributed by atoms with Gasteiger partial charge in [-0.3, -0.25) is 4.99 Å². The average Bonchev–Trinajstić information content (AvgIpc) is 2.38. The third-order valence-electron chi connectivity index (χ3n) is 2.77. The number of hydrogen-bond donors (Lipinski definition) is 1. The Morgan fingerprint density at radius 3 is 2.67 bits per heavy atom. The molecule has 0 saturated carbocycles. The summed E-state index contributed by atoms with van der Waals surface area (Å²) in [5.74, 6) is 0.818. The van der Waals surface area contributed by atoms with Gasteiger partial charge >= 0.3 is 0 Å². The highest BCUT2D eigenvalue weighted by Gasteiger charge is 2.24. The minimum Gasteiger partial charge on any atom is -0.371 e. The normalized spacial score (nSPS) is 16.9. The fourth-order valence-electron chi connectivity index (χ4n) is 1.95. The zero-order valence-corrected chi connectivity index (χ0v) is 11.8. The van der Waals surface area contributed by atoms with Crippen molar-refractivity contribution in [3.05, 3.63) is 33.8 Å². The van der Waals surface area contributed by atoms with Gasteiger partial charge in [0.15, 0.2) is 0 Å². The van der Waals surface area contributed by atoms with E-state index in [-0.39, 0.29) is 6.10 Å². The fraction of sp³-hybridized carbons (Fsp3) is 0.462. The molecule has 0 saturated heterocycles. The predicted molar refractivity (Wildman–Crippen MR) is 75.8 cm³/mol. The molecule has 1 heterocycles. The number of benzene rings is 1. The van der Waals surface area contributed by atoms with Crippen LogP contribution >= 0.6 is 23.2 Å². The number of hydrogen-bond acceptors (Lipinski definition) is 3. The third kappa shape index (κ3) is 2.97. The summed E-state index contributed by atoms with van der Waals surface area (Å²) in [7, 11) is 0. The van der Waals surface area contributed by atoms with Gasteiger partial charge in [-0.05, 0) is 25.5 Å². The monoisotopic (exact) mass is 286 g/mol. The molecule has 0 bridgehead atoms. The van der Waals surface area contributed by atoms with Gasteiger partial charge in [-0.2, -0.15) is 0 Å². The molecule has 2 rings (SSSR count). The van der Waals surface area contributed by atoms with E-state index in [2.05, 4.69) is 10.3 Å². The first-order valence-corrected chi connectivity index (χ1v) is 6.83. The van der Waals surface area contributed by atoms with Crippen LogP contribution in [0.25, 0.3) is 0 Å². The highest BCUT2D eigenvalue weighted by atomic mass is 35.5. The summed E-state index contributed by atoms with van der Waals surface area (Å²) in [6.07, 6.45) is 0.731. The van der Waals surface area contributed by atoms with E-state index in [0.717, 1.165) is 30.9 Å². The lowest BCUT2D eigenvalue weighted by atomic mass is 10.1. The van der Waals surface area contributed by atoms with Crippen molar-refractivity contribution in [2.75, 3.05) is 19.7 Å². The van der Waals surface area contributed by atoms with Crippen LogP contribution in [0.2, 0.25) is 10.0 Å². The Balaban J connectivity index is 2.37. The van der Waals surface area contributed by atoms with Gasteiger partial charge in [-0.25, -0.2) is 0 Å². The minimum absolute atomic E-state index is 0.309. The zero-order valence-electron chi connectivity index (χ0n) is 10.2. The molecule has 1 atom stereocenters. The Kier molecular flexibility index (Phi) is 4.87. The van der Waals surface area contributed by atoms with Crippen LogP contribution in [0.1, 0.15) is 25.0 Å². The molecular formula is C13H16Cl2N2O. The number of nitrogens with zero attached hydrogens (tertiary/aromatic N) is 1. The van der Waals surface area contributed by atoms with Gasteiger partial charge < -0.3 is 10.1 Å². The number of amidine groups is 1. The predicted octanol–water partition coefficient (Wildman–Crippen LogP) is 3.46. The van der Waals surface area contributed by atoms with E-state index in [1.54, 1.807) is 0 Å². The van der Waals surface area contributed by atoms with Crippen LogP contribution in [-0.2, 0) is 4.74 Å². The van der Waals surface area contributed by atoms with Crippen molar-refractivity contribution in [3.8, 4) is 0 Å². The van der Waals surface area contributed by atoms with Crippen molar-refractivity contribution in [2.45, 2.75) is 19.4 Å². The lowest BCUT2D eigenvalue weighted by Gasteiger charge is -2.25. The average molecular weight is 287 g/mol. The molecule has 1 aromatic rings. The van der Waals surface area contributed by atoms with Gasteiger partial charge in [-0.15, -0.1) is 0 Å². The highest BCUT2D eigenvalue weighted by Crippen LogP contribution is 2.33. The Bertz CT molecular complexity index is 428. The molecule has 1 aromatic carbocycles. The van der Waals surface area contributed by atoms with Gasteiger partial charge in [0, 0.05) is 35.3 Å². The van der Waals surface area contributed by atoms with E-state index in [1.165, 1.54) is 0 Å². The van der Waals surface area contributed by atoms with Crippen molar-refractivity contribution in [1.82, 2.24) is 5.32 Å². The molecule has 3 nitrogen and oxygen atoms in total. The first-order valence-electron chi connectivity index (χ1n) is 6.07. The molecule has 0 amide bonds. The van der Waals surface area contributed by atoms with E-state index in [4.69, 9.17) is 27.9 Å². The molecule has 1 aliphatic rings. The number of rotatable bonds is 4. The molecule has 0 spiro atoms. The molecule has 1 aliphatic heterocycles. The Hall–Kier alpha value is -0.770. The lowest BCUT2D eigenvalue weighted by Crippen LogP contribution is -2.35. The summed E-state index contributed by atoms with van der Waals surface area (Å²) >= 11 is 12.5. The molecular weight excluding hydrogens is 271 g/mol. The van der Waals surface area contributed by atoms with Crippen LogP contribution in [0.3, 0.4) is 0 Å². The molecule has 0 unspecified atom stereocenters. The van der Waals surface area contributed by atoms with Crippen molar-refractivity contribution < 1.29 is 4.74 Å². The molecule has 1 N–H and O–H groups in total. The van der Waals surface area contributed by atoms with E-state index in [0.29, 0.717) is 16.7 Å². The smallest absolute Gasteiger partial charge is 0.142 e. The highest BCUT2D eigenvalue weighted by molar-refractivity contribution is 6.36.